The highest BCUT2D eigenvalue weighted by atomic mass is 19.2. The molecule has 0 radical (unpaired) electrons. The fourth-order valence-corrected chi connectivity index (χ4v) is 1.22. The molecular formula is C10H7F3N4. The molecule has 0 bridgehead atoms. The Morgan fingerprint density at radius 3 is 2.47 bits per heavy atom. The van der Waals surface area contributed by atoms with Gasteiger partial charge in [0.05, 0.1) is 5.69 Å². The molecule has 0 amide bonds. The minimum Gasteiger partial charge on any atom is -0.381 e. The minimum atomic E-state index is -1.30. The zero-order valence-corrected chi connectivity index (χ0v) is 8.42. The van der Waals surface area contributed by atoms with Crippen LogP contribution in [0.1, 0.15) is 0 Å². The van der Waals surface area contributed by atoms with Gasteiger partial charge in [-0.1, -0.05) is 0 Å². The van der Waals surface area contributed by atoms with Crippen LogP contribution in [0, 0.1) is 17.5 Å². The number of nitrogens with zero attached hydrogens (tertiary/aromatic N) is 2. The first-order valence-corrected chi connectivity index (χ1v) is 4.56. The number of aromatic nitrogens is 2. The van der Waals surface area contributed by atoms with Crippen LogP contribution in [0.15, 0.2) is 24.5 Å². The fourth-order valence-electron chi connectivity index (χ4n) is 1.22. The molecule has 0 unspecified atom stereocenters. The maximum Gasteiger partial charge on any atom is 0.182 e. The van der Waals surface area contributed by atoms with E-state index in [9.17, 15) is 13.2 Å². The number of nitrogens with two attached hydrogens (primary N) is 1. The molecule has 0 aliphatic carbocycles. The van der Waals surface area contributed by atoms with Crippen LogP contribution < -0.4 is 11.1 Å². The lowest BCUT2D eigenvalue weighted by Gasteiger charge is -2.08. The standard InChI is InChI=1S/C10H7F3N4/c11-5-3-6(12)8(13)7(4-5)17-10-9(14)15-1-2-16-10/h1-4H,(H2,14,15)(H,16,17). The van der Waals surface area contributed by atoms with E-state index in [1.807, 2.05) is 0 Å². The SMILES string of the molecule is Nc1nccnc1Nc1cc(F)cc(F)c1F. The van der Waals surface area contributed by atoms with E-state index in [-0.39, 0.29) is 11.6 Å². The average molecular weight is 240 g/mol. The highest BCUT2D eigenvalue weighted by Gasteiger charge is 2.12. The molecule has 0 atom stereocenters. The molecule has 3 N–H and O–H groups in total. The summed E-state index contributed by atoms with van der Waals surface area (Å²) in [5.74, 6) is -3.40. The van der Waals surface area contributed by atoms with Crippen LogP contribution in [0.25, 0.3) is 0 Å². The van der Waals surface area contributed by atoms with Crippen molar-refractivity contribution in [3.8, 4) is 0 Å². The van der Waals surface area contributed by atoms with Crippen molar-refractivity contribution in [1.82, 2.24) is 9.97 Å². The Morgan fingerprint density at radius 1 is 1.06 bits per heavy atom. The lowest BCUT2D eigenvalue weighted by molar-refractivity contribution is 0.498. The van der Waals surface area contributed by atoms with E-state index in [1.54, 1.807) is 0 Å². The van der Waals surface area contributed by atoms with Crippen molar-refractivity contribution in [3.05, 3.63) is 42.0 Å². The quantitative estimate of drug-likeness (QED) is 0.790. The normalized spacial score (nSPS) is 10.3. The van der Waals surface area contributed by atoms with Gasteiger partial charge in [-0.2, -0.15) is 0 Å². The highest BCUT2D eigenvalue weighted by molar-refractivity contribution is 5.65. The molecule has 1 aromatic carbocycles. The van der Waals surface area contributed by atoms with Gasteiger partial charge in [-0.25, -0.2) is 23.1 Å². The van der Waals surface area contributed by atoms with Crippen LogP contribution in [0.2, 0.25) is 0 Å². The monoisotopic (exact) mass is 240 g/mol. The van der Waals surface area contributed by atoms with Crippen molar-refractivity contribution in [2.75, 3.05) is 11.1 Å². The van der Waals surface area contributed by atoms with Crippen molar-refractivity contribution in [3.63, 3.8) is 0 Å². The number of hydrogen-bond donors (Lipinski definition) is 2. The average Bonchev–Trinajstić information content (AvgIpc) is 2.28. The second-order valence-corrected chi connectivity index (χ2v) is 3.16. The Morgan fingerprint density at radius 2 is 1.76 bits per heavy atom. The lowest BCUT2D eigenvalue weighted by Crippen LogP contribution is -2.03. The van der Waals surface area contributed by atoms with E-state index in [2.05, 4.69) is 15.3 Å². The molecule has 0 aliphatic rings. The second kappa shape index (κ2) is 4.28. The molecule has 7 heteroatoms. The van der Waals surface area contributed by atoms with Gasteiger partial charge in [0.2, 0.25) is 0 Å². The molecule has 1 heterocycles. The van der Waals surface area contributed by atoms with E-state index in [0.29, 0.717) is 6.07 Å². The van der Waals surface area contributed by atoms with Crippen LogP contribution in [-0.4, -0.2) is 9.97 Å². The molecule has 0 spiro atoms. The third kappa shape index (κ3) is 2.27. The van der Waals surface area contributed by atoms with Crippen LogP contribution >= 0.6 is 0 Å². The van der Waals surface area contributed by atoms with Gasteiger partial charge >= 0.3 is 0 Å². The van der Waals surface area contributed by atoms with E-state index in [1.165, 1.54) is 12.4 Å². The molecule has 2 rings (SSSR count). The van der Waals surface area contributed by atoms with Gasteiger partial charge in [0.25, 0.3) is 0 Å². The van der Waals surface area contributed by atoms with Crippen molar-refractivity contribution in [2.45, 2.75) is 0 Å². The number of halogens is 3. The Hall–Kier alpha value is -2.31. The summed E-state index contributed by atoms with van der Waals surface area (Å²) < 4.78 is 39.1. The number of nitrogen functional groups attached to an aromatic ring is 1. The summed E-state index contributed by atoms with van der Waals surface area (Å²) in [7, 11) is 0. The van der Waals surface area contributed by atoms with Crippen molar-refractivity contribution in [1.29, 1.82) is 0 Å². The number of rotatable bonds is 2. The molecule has 1 aromatic heterocycles. The Kier molecular flexibility index (Phi) is 2.82. The largest absolute Gasteiger partial charge is 0.381 e. The Labute approximate surface area is 94.3 Å². The maximum absolute atomic E-state index is 13.3. The number of anilines is 3. The number of nitrogens with one attached hydrogen (secondary N) is 1. The van der Waals surface area contributed by atoms with Gasteiger partial charge in [0.1, 0.15) is 5.82 Å². The number of hydrogen-bond acceptors (Lipinski definition) is 4. The van der Waals surface area contributed by atoms with E-state index >= 15 is 0 Å². The summed E-state index contributed by atoms with van der Waals surface area (Å²) in [6.45, 7) is 0. The molecule has 0 saturated carbocycles. The first-order valence-electron chi connectivity index (χ1n) is 4.56. The van der Waals surface area contributed by atoms with E-state index < -0.39 is 23.1 Å². The molecule has 17 heavy (non-hydrogen) atoms. The summed E-state index contributed by atoms with van der Waals surface area (Å²) in [5.41, 5.74) is 5.05. The van der Waals surface area contributed by atoms with Gasteiger partial charge in [-0.3, -0.25) is 0 Å². The van der Waals surface area contributed by atoms with Crippen LogP contribution in [0.5, 0.6) is 0 Å². The van der Waals surface area contributed by atoms with Gasteiger partial charge in [-0.05, 0) is 0 Å². The van der Waals surface area contributed by atoms with Crippen LogP contribution in [-0.2, 0) is 0 Å². The smallest absolute Gasteiger partial charge is 0.182 e. The van der Waals surface area contributed by atoms with Crippen LogP contribution in [0.3, 0.4) is 0 Å². The maximum atomic E-state index is 13.3. The van der Waals surface area contributed by atoms with Gasteiger partial charge in [0, 0.05) is 24.5 Å². The summed E-state index contributed by atoms with van der Waals surface area (Å²) in [6.07, 6.45) is 2.65. The molecule has 2 aromatic rings. The third-order valence-electron chi connectivity index (χ3n) is 1.97. The molecule has 88 valence electrons. The summed E-state index contributed by atoms with van der Waals surface area (Å²) in [5, 5.41) is 2.37. The van der Waals surface area contributed by atoms with Gasteiger partial charge in [-0.15, -0.1) is 0 Å². The third-order valence-corrected chi connectivity index (χ3v) is 1.97. The molecule has 0 aliphatic heterocycles. The van der Waals surface area contributed by atoms with Gasteiger partial charge < -0.3 is 11.1 Å². The first kappa shape index (κ1) is 11.2. The van der Waals surface area contributed by atoms with E-state index in [0.717, 1.165) is 6.07 Å². The zero-order chi connectivity index (χ0) is 12.4. The molecule has 0 fully saturated rings. The Bertz CT molecular complexity index is 559. The van der Waals surface area contributed by atoms with Crippen molar-refractivity contribution < 1.29 is 13.2 Å². The first-order chi connectivity index (χ1) is 8.08. The molecular weight excluding hydrogens is 233 g/mol. The molecule has 4 nitrogen and oxygen atoms in total. The second-order valence-electron chi connectivity index (χ2n) is 3.16. The molecule has 0 saturated heterocycles. The summed E-state index contributed by atoms with van der Waals surface area (Å²) in [4.78, 5) is 7.46. The fraction of sp³-hybridized carbons (Fsp3) is 0. The topological polar surface area (TPSA) is 63.8 Å². The van der Waals surface area contributed by atoms with E-state index in [4.69, 9.17) is 5.73 Å². The zero-order valence-electron chi connectivity index (χ0n) is 8.42. The summed E-state index contributed by atoms with van der Waals surface area (Å²) in [6, 6.07) is 1.24. The van der Waals surface area contributed by atoms with Crippen molar-refractivity contribution in [2.24, 2.45) is 0 Å². The lowest BCUT2D eigenvalue weighted by atomic mass is 10.3. The highest BCUT2D eigenvalue weighted by Crippen LogP contribution is 2.23. The number of benzene rings is 1. The van der Waals surface area contributed by atoms with Gasteiger partial charge in [0.15, 0.2) is 23.3 Å². The summed E-state index contributed by atoms with van der Waals surface area (Å²) >= 11 is 0. The predicted octanol–water partition coefficient (Wildman–Crippen LogP) is 2.22. The van der Waals surface area contributed by atoms with Crippen molar-refractivity contribution >= 4 is 17.3 Å². The minimum absolute atomic E-state index is 0.00318. The van der Waals surface area contributed by atoms with Crippen LogP contribution in [0.4, 0.5) is 30.5 Å². The Balaban J connectivity index is 2.40. The predicted molar refractivity (Wildman–Crippen MR) is 56.0 cm³/mol.